The van der Waals surface area contributed by atoms with E-state index in [1.54, 1.807) is 35.2 Å². The van der Waals surface area contributed by atoms with Gasteiger partial charge in [-0.2, -0.15) is 0 Å². The molecule has 3 rings (SSSR count). The maximum Gasteiger partial charge on any atom is 0.254 e. The fourth-order valence-corrected chi connectivity index (χ4v) is 3.48. The van der Waals surface area contributed by atoms with E-state index in [0.717, 1.165) is 12.8 Å². The van der Waals surface area contributed by atoms with Crippen molar-refractivity contribution in [3.05, 3.63) is 59.4 Å². The minimum Gasteiger partial charge on any atom is -0.494 e. The Morgan fingerprint density at radius 2 is 1.87 bits per heavy atom. The van der Waals surface area contributed by atoms with Crippen LogP contribution >= 0.6 is 0 Å². The van der Waals surface area contributed by atoms with Crippen LogP contribution in [0, 0.1) is 5.82 Å². The quantitative estimate of drug-likeness (QED) is 0.751. The third-order valence-electron chi connectivity index (χ3n) is 5.02. The number of nitrogens with one attached hydrogen (secondary N) is 1. The fraction of sp³-hybridized carbons (Fsp3) is 0.391. The standard InChI is InChI=1S/C23H27FN2O4/c1-15(2)25-22(27)16-6-9-19(10-7-16)30-14-18-5-4-12-26(18)23(28)17-8-11-21(29-3)20(24)13-17/h6-11,13,15,18H,4-5,12,14H2,1-3H3,(H,25,27). The van der Waals surface area contributed by atoms with Gasteiger partial charge >= 0.3 is 0 Å². The van der Waals surface area contributed by atoms with Crippen LogP contribution in [0.3, 0.4) is 0 Å². The molecule has 0 saturated carbocycles. The molecular weight excluding hydrogens is 387 g/mol. The zero-order valence-electron chi connectivity index (χ0n) is 17.5. The lowest BCUT2D eigenvalue weighted by Gasteiger charge is -2.25. The average molecular weight is 414 g/mol. The molecule has 160 valence electrons. The number of halogens is 1. The summed E-state index contributed by atoms with van der Waals surface area (Å²) in [5, 5.41) is 2.84. The molecule has 1 unspecified atom stereocenters. The molecule has 2 amide bonds. The van der Waals surface area contributed by atoms with Crippen LogP contribution in [0.25, 0.3) is 0 Å². The number of ether oxygens (including phenoxy) is 2. The monoisotopic (exact) mass is 414 g/mol. The van der Waals surface area contributed by atoms with Gasteiger partial charge < -0.3 is 19.7 Å². The van der Waals surface area contributed by atoms with Crippen molar-refractivity contribution >= 4 is 11.8 Å². The molecule has 2 aromatic rings. The first-order valence-electron chi connectivity index (χ1n) is 10.1. The van der Waals surface area contributed by atoms with Crippen molar-refractivity contribution in [1.82, 2.24) is 10.2 Å². The molecule has 0 aliphatic carbocycles. The Labute approximate surface area is 176 Å². The molecule has 0 aromatic heterocycles. The van der Waals surface area contributed by atoms with Crippen LogP contribution in [0.5, 0.6) is 11.5 Å². The summed E-state index contributed by atoms with van der Waals surface area (Å²) in [4.78, 5) is 26.6. The Bertz CT molecular complexity index is 899. The van der Waals surface area contributed by atoms with Crippen LogP contribution in [-0.4, -0.2) is 49.1 Å². The second-order valence-corrected chi connectivity index (χ2v) is 7.61. The van der Waals surface area contributed by atoms with E-state index in [1.807, 2.05) is 13.8 Å². The Hall–Kier alpha value is -3.09. The fourth-order valence-electron chi connectivity index (χ4n) is 3.48. The van der Waals surface area contributed by atoms with Gasteiger partial charge in [0.2, 0.25) is 0 Å². The Morgan fingerprint density at radius 3 is 2.50 bits per heavy atom. The van der Waals surface area contributed by atoms with Crippen molar-refractivity contribution in [3.8, 4) is 11.5 Å². The van der Waals surface area contributed by atoms with Crippen molar-refractivity contribution in [3.63, 3.8) is 0 Å². The lowest BCUT2D eigenvalue weighted by atomic mass is 10.1. The van der Waals surface area contributed by atoms with Crippen LogP contribution in [-0.2, 0) is 0 Å². The Kier molecular flexibility index (Phi) is 6.92. The summed E-state index contributed by atoms with van der Waals surface area (Å²) >= 11 is 0. The van der Waals surface area contributed by atoms with Gasteiger partial charge in [0.05, 0.1) is 13.2 Å². The second-order valence-electron chi connectivity index (χ2n) is 7.61. The first-order chi connectivity index (χ1) is 14.4. The van der Waals surface area contributed by atoms with Crippen LogP contribution < -0.4 is 14.8 Å². The first kappa shape index (κ1) is 21.6. The van der Waals surface area contributed by atoms with Gasteiger partial charge in [-0.3, -0.25) is 9.59 Å². The van der Waals surface area contributed by atoms with Crippen LogP contribution in [0.1, 0.15) is 47.4 Å². The number of likely N-dealkylation sites (tertiary alicyclic amines) is 1. The summed E-state index contributed by atoms with van der Waals surface area (Å²) in [6, 6.07) is 11.1. The highest BCUT2D eigenvalue weighted by Crippen LogP contribution is 2.24. The maximum atomic E-state index is 14.0. The average Bonchev–Trinajstić information content (AvgIpc) is 3.20. The van der Waals surface area contributed by atoms with Crippen molar-refractivity contribution < 1.29 is 23.5 Å². The van der Waals surface area contributed by atoms with Crippen LogP contribution in [0.2, 0.25) is 0 Å². The summed E-state index contributed by atoms with van der Waals surface area (Å²) < 4.78 is 24.7. The van der Waals surface area contributed by atoms with E-state index in [9.17, 15) is 14.0 Å². The second kappa shape index (κ2) is 9.61. The number of hydrogen-bond acceptors (Lipinski definition) is 4. The number of carbonyl (C=O) groups is 2. The van der Waals surface area contributed by atoms with Gasteiger partial charge in [-0.25, -0.2) is 4.39 Å². The van der Waals surface area contributed by atoms with E-state index in [0.29, 0.717) is 30.0 Å². The summed E-state index contributed by atoms with van der Waals surface area (Å²) in [5.74, 6) is -0.166. The van der Waals surface area contributed by atoms with Crippen molar-refractivity contribution in [1.29, 1.82) is 0 Å². The smallest absolute Gasteiger partial charge is 0.254 e. The predicted molar refractivity (Wildman–Crippen MR) is 112 cm³/mol. The van der Waals surface area contributed by atoms with Gasteiger partial charge in [0, 0.05) is 23.7 Å². The number of methoxy groups -OCH3 is 1. The highest BCUT2D eigenvalue weighted by Gasteiger charge is 2.30. The SMILES string of the molecule is COc1ccc(C(=O)N2CCCC2COc2ccc(C(=O)NC(C)C)cc2)cc1F. The zero-order valence-corrected chi connectivity index (χ0v) is 17.5. The molecular formula is C23H27FN2O4. The molecule has 0 bridgehead atoms. The van der Waals surface area contributed by atoms with E-state index in [-0.39, 0.29) is 29.6 Å². The highest BCUT2D eigenvalue weighted by atomic mass is 19.1. The van der Waals surface area contributed by atoms with Crippen molar-refractivity contribution in [2.75, 3.05) is 20.3 Å². The molecule has 0 spiro atoms. The molecule has 1 saturated heterocycles. The first-order valence-corrected chi connectivity index (χ1v) is 10.1. The molecule has 7 heteroatoms. The molecule has 1 heterocycles. The summed E-state index contributed by atoms with van der Waals surface area (Å²) in [5.41, 5.74) is 0.857. The molecule has 1 aliphatic heterocycles. The normalized spacial score (nSPS) is 15.9. The molecule has 30 heavy (non-hydrogen) atoms. The minimum absolute atomic E-state index is 0.0680. The van der Waals surface area contributed by atoms with Gasteiger partial charge in [-0.1, -0.05) is 0 Å². The molecule has 1 atom stereocenters. The van der Waals surface area contributed by atoms with Gasteiger partial charge in [0.15, 0.2) is 11.6 Å². The molecule has 2 aromatic carbocycles. The van der Waals surface area contributed by atoms with Crippen molar-refractivity contribution in [2.24, 2.45) is 0 Å². The molecule has 1 fully saturated rings. The van der Waals surface area contributed by atoms with Gasteiger partial charge in [0.1, 0.15) is 12.4 Å². The number of carbonyl (C=O) groups excluding carboxylic acids is 2. The van der Waals surface area contributed by atoms with E-state index >= 15 is 0 Å². The maximum absolute atomic E-state index is 14.0. The van der Waals surface area contributed by atoms with Crippen molar-refractivity contribution in [2.45, 2.75) is 38.8 Å². The van der Waals surface area contributed by atoms with Gasteiger partial charge in [-0.15, -0.1) is 0 Å². The largest absolute Gasteiger partial charge is 0.494 e. The molecule has 6 nitrogen and oxygen atoms in total. The lowest BCUT2D eigenvalue weighted by Crippen LogP contribution is -2.39. The van der Waals surface area contributed by atoms with E-state index in [1.165, 1.54) is 19.2 Å². The van der Waals surface area contributed by atoms with Gasteiger partial charge in [-0.05, 0) is 69.2 Å². The van der Waals surface area contributed by atoms with E-state index in [4.69, 9.17) is 9.47 Å². The Morgan fingerprint density at radius 1 is 1.17 bits per heavy atom. The van der Waals surface area contributed by atoms with E-state index < -0.39 is 5.82 Å². The minimum atomic E-state index is -0.558. The van der Waals surface area contributed by atoms with E-state index in [2.05, 4.69) is 5.32 Å². The zero-order chi connectivity index (χ0) is 21.7. The third kappa shape index (κ3) is 5.09. The third-order valence-corrected chi connectivity index (χ3v) is 5.02. The summed E-state index contributed by atoms with van der Waals surface area (Å²) in [6.45, 7) is 4.76. The predicted octanol–water partition coefficient (Wildman–Crippen LogP) is 3.66. The molecule has 1 N–H and O–H groups in total. The number of benzene rings is 2. The lowest BCUT2D eigenvalue weighted by molar-refractivity contribution is 0.0690. The Balaban J connectivity index is 1.60. The summed E-state index contributed by atoms with van der Waals surface area (Å²) in [7, 11) is 1.39. The number of amides is 2. The molecule has 1 aliphatic rings. The van der Waals surface area contributed by atoms with Crippen LogP contribution in [0.15, 0.2) is 42.5 Å². The topological polar surface area (TPSA) is 67.9 Å². The summed E-state index contributed by atoms with van der Waals surface area (Å²) in [6.07, 6.45) is 1.69. The number of nitrogens with zero attached hydrogens (tertiary/aromatic N) is 1. The number of rotatable bonds is 7. The molecule has 0 radical (unpaired) electrons. The highest BCUT2D eigenvalue weighted by molar-refractivity contribution is 5.95. The van der Waals surface area contributed by atoms with Crippen LogP contribution in [0.4, 0.5) is 4.39 Å². The number of hydrogen-bond donors (Lipinski definition) is 1. The van der Waals surface area contributed by atoms with Gasteiger partial charge in [0.25, 0.3) is 11.8 Å².